The Hall–Kier alpha value is -2.88. The molecule has 2 atom stereocenters. The van der Waals surface area contributed by atoms with Crippen molar-refractivity contribution >= 4 is 5.91 Å². The third-order valence-corrected chi connectivity index (χ3v) is 6.56. The molecule has 2 heterocycles. The lowest BCUT2D eigenvalue weighted by Gasteiger charge is -2.52. The highest BCUT2D eigenvalue weighted by atomic mass is 16.5. The van der Waals surface area contributed by atoms with Gasteiger partial charge in [-0.1, -0.05) is 37.3 Å². The van der Waals surface area contributed by atoms with Crippen molar-refractivity contribution in [3.05, 3.63) is 65.2 Å². The molecule has 0 unspecified atom stereocenters. The van der Waals surface area contributed by atoms with Crippen LogP contribution in [0.3, 0.4) is 0 Å². The first-order valence-electron chi connectivity index (χ1n) is 11.3. The molecule has 2 aromatic carbocycles. The molecule has 2 aromatic rings. The number of ether oxygens (including phenoxy) is 2. The molecule has 2 fully saturated rings. The van der Waals surface area contributed by atoms with E-state index in [1.54, 1.807) is 12.1 Å². The number of likely N-dealkylation sites (tertiary alicyclic amines) is 1. The summed E-state index contributed by atoms with van der Waals surface area (Å²) in [6.45, 7) is 10.2. The molecular weight excluding hydrogens is 402 g/mol. The minimum absolute atomic E-state index is 0.00611. The van der Waals surface area contributed by atoms with Crippen LogP contribution in [-0.2, 0) is 16.0 Å². The molecule has 0 saturated carbocycles. The van der Waals surface area contributed by atoms with Gasteiger partial charge in [0.05, 0.1) is 24.8 Å². The SMILES string of the molecule is CCc1ccccc1O[C@H]1C(=O)N(CC(C)(C)N2CCOCC2)[C@H]1c1ccc(C#N)cc1. The van der Waals surface area contributed by atoms with Crippen molar-refractivity contribution in [2.24, 2.45) is 0 Å². The van der Waals surface area contributed by atoms with Gasteiger partial charge in [-0.15, -0.1) is 0 Å². The van der Waals surface area contributed by atoms with Gasteiger partial charge in [-0.25, -0.2) is 0 Å². The largest absolute Gasteiger partial charge is 0.478 e. The minimum Gasteiger partial charge on any atom is -0.478 e. The standard InChI is InChI=1S/C26H31N3O3/c1-4-20-7-5-6-8-22(20)32-24-23(21-11-9-19(17-27)10-12-21)29(25(24)30)18-26(2,3)28-13-15-31-16-14-28/h5-12,23-24H,4,13-16,18H2,1-3H3/t23-,24+/m0/s1. The van der Waals surface area contributed by atoms with Crippen LogP contribution in [0.4, 0.5) is 0 Å². The summed E-state index contributed by atoms with van der Waals surface area (Å²) in [4.78, 5) is 17.7. The van der Waals surface area contributed by atoms with Crippen LogP contribution in [0.15, 0.2) is 48.5 Å². The molecule has 32 heavy (non-hydrogen) atoms. The Balaban J connectivity index is 1.60. The smallest absolute Gasteiger partial charge is 0.266 e. The van der Waals surface area contributed by atoms with Crippen molar-refractivity contribution in [3.8, 4) is 11.8 Å². The summed E-state index contributed by atoms with van der Waals surface area (Å²) in [6.07, 6.45) is 0.267. The lowest BCUT2D eigenvalue weighted by Crippen LogP contribution is -2.66. The third kappa shape index (κ3) is 4.36. The number of carbonyl (C=O) groups excluding carboxylic acids is 1. The second-order valence-corrected chi connectivity index (χ2v) is 9.06. The van der Waals surface area contributed by atoms with Gasteiger partial charge < -0.3 is 14.4 Å². The number of nitriles is 1. The molecule has 0 spiro atoms. The van der Waals surface area contributed by atoms with E-state index in [-0.39, 0.29) is 17.5 Å². The van der Waals surface area contributed by atoms with E-state index in [2.05, 4.69) is 31.7 Å². The second-order valence-electron chi connectivity index (χ2n) is 9.06. The van der Waals surface area contributed by atoms with E-state index < -0.39 is 6.10 Å². The summed E-state index contributed by atoms with van der Waals surface area (Å²) in [6, 6.07) is 17.4. The highest BCUT2D eigenvalue weighted by molar-refractivity contribution is 5.89. The lowest BCUT2D eigenvalue weighted by atomic mass is 9.87. The molecule has 0 N–H and O–H groups in total. The van der Waals surface area contributed by atoms with E-state index in [0.717, 1.165) is 49.6 Å². The zero-order valence-corrected chi connectivity index (χ0v) is 19.1. The van der Waals surface area contributed by atoms with Crippen molar-refractivity contribution in [1.82, 2.24) is 9.80 Å². The normalized spacial score (nSPS) is 21.7. The predicted molar refractivity (Wildman–Crippen MR) is 122 cm³/mol. The fourth-order valence-electron chi connectivity index (χ4n) is 4.65. The molecule has 4 rings (SSSR count). The number of hydrogen-bond acceptors (Lipinski definition) is 5. The summed E-state index contributed by atoms with van der Waals surface area (Å²) in [7, 11) is 0. The molecule has 2 aliphatic rings. The van der Waals surface area contributed by atoms with Gasteiger partial charge in [0, 0.05) is 25.2 Å². The molecule has 6 nitrogen and oxygen atoms in total. The van der Waals surface area contributed by atoms with Gasteiger partial charge in [0.25, 0.3) is 5.91 Å². The number of hydrogen-bond donors (Lipinski definition) is 0. The first kappa shape index (κ1) is 22.3. The Labute approximate surface area is 190 Å². The number of carbonyl (C=O) groups is 1. The quantitative estimate of drug-likeness (QED) is 0.625. The summed E-state index contributed by atoms with van der Waals surface area (Å²) < 4.78 is 11.8. The summed E-state index contributed by atoms with van der Waals surface area (Å²) in [5, 5.41) is 9.18. The van der Waals surface area contributed by atoms with E-state index in [0.29, 0.717) is 12.1 Å². The third-order valence-electron chi connectivity index (χ3n) is 6.56. The van der Waals surface area contributed by atoms with E-state index in [4.69, 9.17) is 9.47 Å². The van der Waals surface area contributed by atoms with Crippen LogP contribution in [0.5, 0.6) is 5.75 Å². The summed E-state index contributed by atoms with van der Waals surface area (Å²) in [5.41, 5.74) is 2.50. The maximum atomic E-state index is 13.3. The van der Waals surface area contributed by atoms with Crippen LogP contribution in [0, 0.1) is 11.3 Å². The lowest BCUT2D eigenvalue weighted by molar-refractivity contribution is -0.168. The number of β-lactam (4-membered cyclic amide) rings is 1. The monoisotopic (exact) mass is 433 g/mol. The molecule has 0 aromatic heterocycles. The van der Waals surface area contributed by atoms with Crippen molar-refractivity contribution < 1.29 is 14.3 Å². The van der Waals surface area contributed by atoms with Crippen molar-refractivity contribution in [2.75, 3.05) is 32.8 Å². The molecule has 6 heteroatoms. The van der Waals surface area contributed by atoms with Crippen molar-refractivity contribution in [1.29, 1.82) is 5.26 Å². The number of amides is 1. The second kappa shape index (κ2) is 9.32. The van der Waals surface area contributed by atoms with Gasteiger partial charge in [0.15, 0.2) is 0 Å². The molecular formula is C26H31N3O3. The number of rotatable bonds is 7. The highest BCUT2D eigenvalue weighted by Gasteiger charge is 2.52. The summed E-state index contributed by atoms with van der Waals surface area (Å²) in [5.74, 6) is 0.769. The van der Waals surface area contributed by atoms with Crippen LogP contribution in [-0.4, -0.2) is 60.2 Å². The Kier molecular flexibility index (Phi) is 6.50. The molecule has 1 amide bonds. The van der Waals surface area contributed by atoms with E-state index in [9.17, 15) is 10.1 Å². The van der Waals surface area contributed by atoms with E-state index in [1.165, 1.54) is 0 Å². The van der Waals surface area contributed by atoms with Gasteiger partial charge in [-0.3, -0.25) is 9.69 Å². The number of para-hydroxylation sites is 1. The zero-order chi connectivity index (χ0) is 22.7. The van der Waals surface area contributed by atoms with Gasteiger partial charge >= 0.3 is 0 Å². The maximum Gasteiger partial charge on any atom is 0.266 e. The Morgan fingerprint density at radius 3 is 2.47 bits per heavy atom. The fraction of sp³-hybridized carbons (Fsp3) is 0.462. The maximum absolute atomic E-state index is 13.3. The first-order chi connectivity index (χ1) is 15.4. The fourth-order valence-corrected chi connectivity index (χ4v) is 4.65. The first-order valence-corrected chi connectivity index (χ1v) is 11.3. The molecule has 2 saturated heterocycles. The van der Waals surface area contributed by atoms with Gasteiger partial charge in [-0.05, 0) is 49.6 Å². The average Bonchev–Trinajstić information content (AvgIpc) is 2.84. The van der Waals surface area contributed by atoms with Crippen LogP contribution in [0.2, 0.25) is 0 Å². The van der Waals surface area contributed by atoms with E-state index in [1.807, 2.05) is 41.3 Å². The topological polar surface area (TPSA) is 65.8 Å². The summed E-state index contributed by atoms with van der Waals surface area (Å²) >= 11 is 0. The number of benzene rings is 2. The van der Waals surface area contributed by atoms with Crippen molar-refractivity contribution in [2.45, 2.75) is 44.9 Å². The van der Waals surface area contributed by atoms with Gasteiger partial charge in [0.2, 0.25) is 6.10 Å². The number of nitrogens with zero attached hydrogens (tertiary/aromatic N) is 3. The Morgan fingerprint density at radius 1 is 1.12 bits per heavy atom. The predicted octanol–water partition coefficient (Wildman–Crippen LogP) is 3.56. The molecule has 0 aliphatic carbocycles. The van der Waals surface area contributed by atoms with E-state index >= 15 is 0 Å². The van der Waals surface area contributed by atoms with Gasteiger partial charge in [-0.2, -0.15) is 5.26 Å². The van der Waals surface area contributed by atoms with Crippen molar-refractivity contribution in [3.63, 3.8) is 0 Å². The zero-order valence-electron chi connectivity index (χ0n) is 19.1. The molecule has 0 radical (unpaired) electrons. The molecule has 168 valence electrons. The Morgan fingerprint density at radius 2 is 1.81 bits per heavy atom. The number of morpholine rings is 1. The molecule has 0 bridgehead atoms. The molecule has 2 aliphatic heterocycles. The highest BCUT2D eigenvalue weighted by Crippen LogP contribution is 2.40. The van der Waals surface area contributed by atoms with Crippen LogP contribution in [0.25, 0.3) is 0 Å². The van der Waals surface area contributed by atoms with Crippen LogP contribution >= 0.6 is 0 Å². The van der Waals surface area contributed by atoms with Crippen LogP contribution < -0.4 is 4.74 Å². The average molecular weight is 434 g/mol. The van der Waals surface area contributed by atoms with Crippen LogP contribution in [0.1, 0.15) is 43.5 Å². The Bertz CT molecular complexity index is 990. The number of aryl methyl sites for hydroxylation is 1. The van der Waals surface area contributed by atoms with Gasteiger partial charge in [0.1, 0.15) is 11.8 Å². The minimum atomic E-state index is -0.573.